The van der Waals surface area contributed by atoms with Crippen LogP contribution in [0.25, 0.3) is 11.0 Å². The number of amides is 2. The van der Waals surface area contributed by atoms with Crippen LogP contribution in [0.5, 0.6) is 5.88 Å². The zero-order valence-electron chi connectivity index (χ0n) is 17.8. The van der Waals surface area contributed by atoms with E-state index in [-0.39, 0.29) is 18.4 Å². The van der Waals surface area contributed by atoms with Crippen LogP contribution in [0.4, 0.5) is 0 Å². The van der Waals surface area contributed by atoms with Gasteiger partial charge in [-0.15, -0.1) is 5.10 Å². The van der Waals surface area contributed by atoms with E-state index in [9.17, 15) is 9.59 Å². The Hall–Kier alpha value is -3.40. The van der Waals surface area contributed by atoms with Crippen molar-refractivity contribution in [2.24, 2.45) is 7.05 Å². The van der Waals surface area contributed by atoms with Crippen molar-refractivity contribution in [3.8, 4) is 5.88 Å². The number of rotatable bonds is 7. The topological polar surface area (TPSA) is 97.5 Å². The molecule has 3 heterocycles. The predicted molar refractivity (Wildman–Crippen MR) is 115 cm³/mol. The van der Waals surface area contributed by atoms with Gasteiger partial charge in [0.05, 0.1) is 24.5 Å². The van der Waals surface area contributed by atoms with E-state index in [1.54, 1.807) is 24.3 Å². The maximum Gasteiger partial charge on any atom is 0.261 e. The highest BCUT2D eigenvalue weighted by Crippen LogP contribution is 2.18. The van der Waals surface area contributed by atoms with Gasteiger partial charge in [-0.25, -0.2) is 4.98 Å². The molecule has 164 valence electrons. The van der Waals surface area contributed by atoms with E-state index in [0.29, 0.717) is 31.1 Å². The standard InChI is InChI=1S/C21H27N7O3/c1-25-13-16(20(24-25)31-2)21(30)27-11-9-26(10-12-27)8-7-22-19(29)14-28-15-23-17-5-3-4-6-18(17)28/h3-6,13,15H,7-12,14H2,1-2H3,(H,22,29). The highest BCUT2D eigenvalue weighted by atomic mass is 16.5. The second-order valence-corrected chi connectivity index (χ2v) is 7.57. The van der Waals surface area contributed by atoms with Crippen molar-refractivity contribution in [3.05, 3.63) is 42.4 Å². The molecule has 0 spiro atoms. The number of aryl methyl sites for hydroxylation is 1. The van der Waals surface area contributed by atoms with Crippen molar-refractivity contribution in [3.63, 3.8) is 0 Å². The summed E-state index contributed by atoms with van der Waals surface area (Å²) in [5, 5.41) is 7.12. The number of carbonyl (C=O) groups excluding carboxylic acids is 2. The number of benzene rings is 1. The molecule has 0 atom stereocenters. The van der Waals surface area contributed by atoms with E-state index in [1.165, 1.54) is 7.11 Å². The Morgan fingerprint density at radius 1 is 1.16 bits per heavy atom. The molecular formula is C21H27N7O3. The molecule has 1 fully saturated rings. The molecule has 0 aliphatic carbocycles. The lowest BCUT2D eigenvalue weighted by Gasteiger charge is -2.34. The number of nitrogens with zero attached hydrogens (tertiary/aromatic N) is 6. The quantitative estimate of drug-likeness (QED) is 0.587. The van der Waals surface area contributed by atoms with E-state index >= 15 is 0 Å². The second kappa shape index (κ2) is 9.17. The van der Waals surface area contributed by atoms with Crippen molar-refractivity contribution in [2.75, 3.05) is 46.4 Å². The summed E-state index contributed by atoms with van der Waals surface area (Å²) in [5.41, 5.74) is 2.31. The monoisotopic (exact) mass is 425 g/mol. The summed E-state index contributed by atoms with van der Waals surface area (Å²) < 4.78 is 8.63. The van der Waals surface area contributed by atoms with Crippen molar-refractivity contribution in [2.45, 2.75) is 6.54 Å². The Kier molecular flexibility index (Phi) is 6.17. The van der Waals surface area contributed by atoms with Gasteiger partial charge in [0, 0.05) is 52.5 Å². The van der Waals surface area contributed by atoms with Crippen LogP contribution in [0.1, 0.15) is 10.4 Å². The lowest BCUT2D eigenvalue weighted by atomic mass is 10.2. The number of carbonyl (C=O) groups is 2. The van der Waals surface area contributed by atoms with Gasteiger partial charge >= 0.3 is 0 Å². The first-order valence-corrected chi connectivity index (χ1v) is 10.3. The number of piperazine rings is 1. The fourth-order valence-electron chi connectivity index (χ4n) is 3.81. The average Bonchev–Trinajstić information content (AvgIpc) is 3.37. The molecule has 1 aliphatic heterocycles. The molecule has 0 saturated carbocycles. The van der Waals surface area contributed by atoms with E-state index in [4.69, 9.17) is 4.74 Å². The normalized spacial score (nSPS) is 14.7. The molecule has 1 aromatic carbocycles. The van der Waals surface area contributed by atoms with Crippen molar-refractivity contribution >= 4 is 22.8 Å². The van der Waals surface area contributed by atoms with Crippen LogP contribution in [0.3, 0.4) is 0 Å². The molecule has 10 heteroatoms. The molecule has 31 heavy (non-hydrogen) atoms. The van der Waals surface area contributed by atoms with Gasteiger partial charge in [-0.05, 0) is 12.1 Å². The van der Waals surface area contributed by atoms with Gasteiger partial charge in [0.25, 0.3) is 5.91 Å². The summed E-state index contributed by atoms with van der Waals surface area (Å²) in [6.07, 6.45) is 3.38. The molecule has 0 unspecified atom stereocenters. The fraction of sp³-hybridized carbons (Fsp3) is 0.429. The molecule has 2 aromatic heterocycles. The van der Waals surface area contributed by atoms with Gasteiger partial charge in [0.1, 0.15) is 12.1 Å². The molecule has 1 N–H and O–H groups in total. The lowest BCUT2D eigenvalue weighted by molar-refractivity contribution is -0.121. The number of imidazole rings is 1. The lowest BCUT2D eigenvalue weighted by Crippen LogP contribution is -2.50. The fourth-order valence-corrected chi connectivity index (χ4v) is 3.81. The minimum atomic E-state index is -0.0644. The van der Waals surface area contributed by atoms with Crippen molar-refractivity contribution in [1.29, 1.82) is 0 Å². The molecular weight excluding hydrogens is 398 g/mol. The van der Waals surface area contributed by atoms with Crippen LogP contribution in [0.15, 0.2) is 36.8 Å². The summed E-state index contributed by atoms with van der Waals surface area (Å²) in [4.78, 5) is 33.4. The van der Waals surface area contributed by atoms with Crippen molar-refractivity contribution in [1.82, 2.24) is 34.4 Å². The second-order valence-electron chi connectivity index (χ2n) is 7.57. The van der Waals surface area contributed by atoms with Gasteiger partial charge in [-0.2, -0.15) is 0 Å². The summed E-state index contributed by atoms with van der Waals surface area (Å²) in [6, 6.07) is 7.75. The van der Waals surface area contributed by atoms with E-state index < -0.39 is 0 Å². The number of para-hydroxylation sites is 2. The SMILES string of the molecule is COc1nn(C)cc1C(=O)N1CCN(CCNC(=O)Cn2cnc3ccccc32)CC1. The number of aromatic nitrogens is 4. The zero-order valence-corrected chi connectivity index (χ0v) is 17.8. The molecule has 4 rings (SSSR count). The zero-order chi connectivity index (χ0) is 21.8. The van der Waals surface area contributed by atoms with Gasteiger partial charge < -0.3 is 19.5 Å². The molecule has 3 aromatic rings. The third kappa shape index (κ3) is 4.69. The van der Waals surface area contributed by atoms with Gasteiger partial charge in [0.2, 0.25) is 11.8 Å². The summed E-state index contributed by atoms with van der Waals surface area (Å²) in [7, 11) is 3.28. The Bertz CT molecular complexity index is 1070. The average molecular weight is 425 g/mol. The summed E-state index contributed by atoms with van der Waals surface area (Å²) >= 11 is 0. The first kappa shape index (κ1) is 20.9. The number of nitrogens with one attached hydrogen (secondary N) is 1. The molecule has 0 radical (unpaired) electrons. The van der Waals surface area contributed by atoms with Crippen LogP contribution in [-0.4, -0.2) is 87.3 Å². The van der Waals surface area contributed by atoms with Crippen LogP contribution in [0, 0.1) is 0 Å². The minimum absolute atomic E-state index is 0.0411. The number of hydrogen-bond acceptors (Lipinski definition) is 6. The Morgan fingerprint density at radius 2 is 1.94 bits per heavy atom. The maximum atomic E-state index is 12.8. The maximum absolute atomic E-state index is 12.8. The summed E-state index contributed by atoms with van der Waals surface area (Å²) in [6.45, 7) is 4.34. The van der Waals surface area contributed by atoms with Gasteiger partial charge in [-0.1, -0.05) is 12.1 Å². The highest BCUT2D eigenvalue weighted by Gasteiger charge is 2.26. The number of methoxy groups -OCH3 is 1. The predicted octanol–water partition coefficient (Wildman–Crippen LogP) is 0.353. The van der Waals surface area contributed by atoms with Crippen LogP contribution >= 0.6 is 0 Å². The largest absolute Gasteiger partial charge is 0.479 e. The van der Waals surface area contributed by atoms with E-state index in [0.717, 1.165) is 30.7 Å². The Morgan fingerprint density at radius 3 is 2.71 bits per heavy atom. The number of ether oxygens (including phenoxy) is 1. The molecule has 0 bridgehead atoms. The van der Waals surface area contributed by atoms with Gasteiger partial charge in [0.15, 0.2) is 0 Å². The molecule has 1 saturated heterocycles. The minimum Gasteiger partial charge on any atom is -0.479 e. The first-order valence-electron chi connectivity index (χ1n) is 10.3. The number of hydrogen-bond donors (Lipinski definition) is 1. The Balaban J connectivity index is 1.20. The molecule has 10 nitrogen and oxygen atoms in total. The number of fused-ring (bicyclic) bond motifs is 1. The van der Waals surface area contributed by atoms with E-state index in [1.807, 2.05) is 33.7 Å². The first-order chi connectivity index (χ1) is 15.0. The van der Waals surface area contributed by atoms with Crippen LogP contribution < -0.4 is 10.1 Å². The Labute approximate surface area is 180 Å². The van der Waals surface area contributed by atoms with Crippen molar-refractivity contribution < 1.29 is 14.3 Å². The third-order valence-corrected chi connectivity index (χ3v) is 5.47. The van der Waals surface area contributed by atoms with E-state index in [2.05, 4.69) is 20.3 Å². The smallest absolute Gasteiger partial charge is 0.261 e. The summed E-state index contributed by atoms with van der Waals surface area (Å²) in [5.74, 6) is 0.245. The van der Waals surface area contributed by atoms with Gasteiger partial charge in [-0.3, -0.25) is 19.2 Å². The highest BCUT2D eigenvalue weighted by molar-refractivity contribution is 5.96. The van der Waals surface area contributed by atoms with Crippen LogP contribution in [-0.2, 0) is 18.4 Å². The van der Waals surface area contributed by atoms with Crippen LogP contribution in [0.2, 0.25) is 0 Å². The molecule has 1 aliphatic rings. The third-order valence-electron chi connectivity index (χ3n) is 5.47. The molecule has 2 amide bonds.